The molecule has 0 aliphatic heterocycles. The van der Waals surface area contributed by atoms with Crippen molar-refractivity contribution in [3.8, 4) is 0 Å². The van der Waals surface area contributed by atoms with Gasteiger partial charge in [-0.2, -0.15) is 13.2 Å². The molecule has 0 aromatic heterocycles. The Morgan fingerprint density at radius 3 is 2.14 bits per heavy atom. The summed E-state index contributed by atoms with van der Waals surface area (Å²) in [5.74, 6) is 0. The van der Waals surface area contributed by atoms with Crippen molar-refractivity contribution in [2.75, 3.05) is 6.61 Å². The minimum absolute atomic E-state index is 0.492. The quantitative estimate of drug-likeness (QED) is 0.690. The van der Waals surface area contributed by atoms with Crippen LogP contribution in [0, 0.1) is 0 Å². The van der Waals surface area contributed by atoms with Crippen molar-refractivity contribution in [2.24, 2.45) is 0 Å². The van der Waals surface area contributed by atoms with Crippen LogP contribution in [0.2, 0.25) is 0 Å². The van der Waals surface area contributed by atoms with E-state index in [1.54, 1.807) is 0 Å². The predicted octanol–water partition coefficient (Wildman–Crippen LogP) is 3.68. The summed E-state index contributed by atoms with van der Waals surface area (Å²) in [5, 5.41) is 0. The molecule has 1 fully saturated rings. The van der Waals surface area contributed by atoms with Crippen LogP contribution >= 0.6 is 0 Å². The molecule has 0 atom stereocenters. The molecule has 0 spiro atoms. The largest absolute Gasteiger partial charge is 0.411 e. The molecule has 1 saturated carbocycles. The van der Waals surface area contributed by atoms with Crippen LogP contribution in [0.3, 0.4) is 0 Å². The van der Waals surface area contributed by atoms with E-state index in [-0.39, 0.29) is 0 Å². The Balaban J connectivity index is 2.44. The normalized spacial score (nSPS) is 22.3. The van der Waals surface area contributed by atoms with Gasteiger partial charge in [0.05, 0.1) is 5.60 Å². The molecule has 1 aliphatic rings. The molecule has 14 heavy (non-hydrogen) atoms. The van der Waals surface area contributed by atoms with Crippen LogP contribution in [-0.4, -0.2) is 18.4 Å². The lowest BCUT2D eigenvalue weighted by Gasteiger charge is -2.36. The molecule has 0 bridgehead atoms. The summed E-state index contributed by atoms with van der Waals surface area (Å²) in [6.45, 7) is 0.808. The summed E-state index contributed by atoms with van der Waals surface area (Å²) in [5.41, 5.74) is -0.492. The van der Waals surface area contributed by atoms with Crippen LogP contribution < -0.4 is 0 Å². The third kappa shape index (κ3) is 3.48. The minimum Gasteiger partial charge on any atom is -0.366 e. The van der Waals surface area contributed by atoms with Gasteiger partial charge < -0.3 is 4.74 Å². The number of hydrogen-bond acceptors (Lipinski definition) is 1. The van der Waals surface area contributed by atoms with Gasteiger partial charge in [-0.15, -0.1) is 0 Å². The van der Waals surface area contributed by atoms with Crippen molar-refractivity contribution in [2.45, 2.75) is 57.2 Å². The number of alkyl halides is 3. The van der Waals surface area contributed by atoms with Crippen molar-refractivity contribution in [3.63, 3.8) is 0 Å². The van der Waals surface area contributed by atoms with E-state index in [1.807, 2.05) is 6.92 Å². The van der Waals surface area contributed by atoms with Gasteiger partial charge in [0.1, 0.15) is 6.61 Å². The number of ether oxygens (including phenoxy) is 1. The van der Waals surface area contributed by atoms with Crippen molar-refractivity contribution < 1.29 is 17.9 Å². The highest BCUT2D eigenvalue weighted by atomic mass is 19.4. The first-order valence-electron chi connectivity index (χ1n) is 5.18. The van der Waals surface area contributed by atoms with E-state index in [0.29, 0.717) is 6.42 Å². The molecular formula is C10H17F3O. The summed E-state index contributed by atoms with van der Waals surface area (Å²) in [6, 6.07) is 0. The Morgan fingerprint density at radius 2 is 1.71 bits per heavy atom. The average molecular weight is 210 g/mol. The van der Waals surface area contributed by atoms with Gasteiger partial charge in [0.2, 0.25) is 0 Å². The van der Waals surface area contributed by atoms with Crippen molar-refractivity contribution >= 4 is 0 Å². The molecule has 1 nitrogen and oxygen atoms in total. The third-order valence-corrected chi connectivity index (χ3v) is 2.95. The SMILES string of the molecule is CCC1(OCC(F)(F)F)CCCCC1. The third-order valence-electron chi connectivity index (χ3n) is 2.95. The van der Waals surface area contributed by atoms with Gasteiger partial charge in [0.15, 0.2) is 0 Å². The lowest BCUT2D eigenvalue weighted by molar-refractivity contribution is -0.211. The van der Waals surface area contributed by atoms with E-state index in [1.165, 1.54) is 0 Å². The fourth-order valence-corrected chi connectivity index (χ4v) is 2.03. The van der Waals surface area contributed by atoms with Gasteiger partial charge in [0, 0.05) is 0 Å². The first-order chi connectivity index (χ1) is 6.47. The van der Waals surface area contributed by atoms with Crippen LogP contribution in [0.5, 0.6) is 0 Å². The van der Waals surface area contributed by atoms with E-state index >= 15 is 0 Å². The van der Waals surface area contributed by atoms with Crippen LogP contribution in [0.25, 0.3) is 0 Å². The Hall–Kier alpha value is -0.250. The summed E-state index contributed by atoms with van der Waals surface area (Å²) >= 11 is 0. The van der Waals surface area contributed by atoms with Gasteiger partial charge in [0.25, 0.3) is 0 Å². The molecule has 0 saturated heterocycles. The van der Waals surface area contributed by atoms with Crippen molar-refractivity contribution in [1.82, 2.24) is 0 Å². The summed E-state index contributed by atoms with van der Waals surface area (Å²) in [4.78, 5) is 0. The first-order valence-corrected chi connectivity index (χ1v) is 5.18. The molecule has 0 N–H and O–H groups in total. The summed E-state index contributed by atoms with van der Waals surface area (Å²) < 4.78 is 41.0. The maximum atomic E-state index is 12.0. The molecule has 0 amide bonds. The van der Waals surface area contributed by atoms with Crippen LogP contribution in [0.1, 0.15) is 45.4 Å². The summed E-state index contributed by atoms with van der Waals surface area (Å²) in [7, 11) is 0. The molecule has 0 aromatic carbocycles. The molecule has 4 heteroatoms. The van der Waals surface area contributed by atoms with Gasteiger partial charge in [-0.3, -0.25) is 0 Å². The second-order valence-electron chi connectivity index (χ2n) is 4.00. The highest BCUT2D eigenvalue weighted by molar-refractivity contribution is 4.83. The van der Waals surface area contributed by atoms with E-state index in [9.17, 15) is 13.2 Å². The second kappa shape index (κ2) is 4.51. The fourth-order valence-electron chi connectivity index (χ4n) is 2.03. The monoisotopic (exact) mass is 210 g/mol. The molecular weight excluding hydrogens is 193 g/mol. The topological polar surface area (TPSA) is 9.23 Å². The Labute approximate surface area is 82.6 Å². The number of rotatable bonds is 3. The highest BCUT2D eigenvalue weighted by Gasteiger charge is 2.36. The highest BCUT2D eigenvalue weighted by Crippen LogP contribution is 2.35. The minimum atomic E-state index is -4.19. The van der Waals surface area contributed by atoms with E-state index in [2.05, 4.69) is 0 Å². The Morgan fingerprint density at radius 1 is 1.14 bits per heavy atom. The standard InChI is InChI=1S/C10H17F3O/c1-2-9(6-4-3-5-7-9)14-8-10(11,12)13/h2-8H2,1H3. The Bertz CT molecular complexity index is 171. The van der Waals surface area contributed by atoms with Gasteiger partial charge in [-0.25, -0.2) is 0 Å². The zero-order valence-electron chi connectivity index (χ0n) is 8.49. The molecule has 0 aromatic rings. The Kier molecular flexibility index (Phi) is 3.81. The lowest BCUT2D eigenvalue weighted by Crippen LogP contribution is -2.37. The zero-order chi connectivity index (χ0) is 10.7. The molecule has 84 valence electrons. The molecule has 1 aliphatic carbocycles. The predicted molar refractivity (Wildman–Crippen MR) is 48.1 cm³/mol. The van der Waals surface area contributed by atoms with Gasteiger partial charge >= 0.3 is 6.18 Å². The second-order valence-corrected chi connectivity index (χ2v) is 4.00. The number of halogens is 3. The van der Waals surface area contributed by atoms with Gasteiger partial charge in [-0.05, 0) is 19.3 Å². The number of hydrogen-bond donors (Lipinski definition) is 0. The van der Waals surface area contributed by atoms with E-state index in [4.69, 9.17) is 4.74 Å². The van der Waals surface area contributed by atoms with E-state index < -0.39 is 18.4 Å². The molecule has 0 heterocycles. The first kappa shape index (κ1) is 11.8. The van der Waals surface area contributed by atoms with Crippen molar-refractivity contribution in [3.05, 3.63) is 0 Å². The van der Waals surface area contributed by atoms with Crippen LogP contribution in [0.15, 0.2) is 0 Å². The maximum Gasteiger partial charge on any atom is 0.411 e. The fraction of sp³-hybridized carbons (Fsp3) is 1.00. The van der Waals surface area contributed by atoms with E-state index in [0.717, 1.165) is 32.1 Å². The zero-order valence-corrected chi connectivity index (χ0v) is 8.49. The molecule has 0 unspecified atom stereocenters. The maximum absolute atomic E-state index is 12.0. The van der Waals surface area contributed by atoms with Gasteiger partial charge in [-0.1, -0.05) is 26.2 Å². The van der Waals surface area contributed by atoms with Crippen molar-refractivity contribution in [1.29, 1.82) is 0 Å². The molecule has 1 rings (SSSR count). The average Bonchev–Trinajstić information content (AvgIpc) is 2.15. The lowest BCUT2D eigenvalue weighted by atomic mass is 9.83. The summed E-state index contributed by atoms with van der Waals surface area (Å²) in [6.07, 6.45) is 1.15. The van der Waals surface area contributed by atoms with Crippen LogP contribution in [0.4, 0.5) is 13.2 Å². The van der Waals surface area contributed by atoms with Crippen LogP contribution in [-0.2, 0) is 4.74 Å². The smallest absolute Gasteiger partial charge is 0.366 e. The molecule has 0 radical (unpaired) electrons.